The molecule has 2 aromatic heterocycles. The zero-order valence-corrected chi connectivity index (χ0v) is 16.4. The van der Waals surface area contributed by atoms with Crippen LogP contribution in [0.1, 0.15) is 53.8 Å². The number of nitrogens with one attached hydrogen (secondary N) is 1. The molecule has 7 rings (SSSR count). The van der Waals surface area contributed by atoms with Gasteiger partial charge < -0.3 is 19.9 Å². The van der Waals surface area contributed by atoms with Crippen molar-refractivity contribution in [3.05, 3.63) is 35.2 Å². The van der Waals surface area contributed by atoms with Crippen molar-refractivity contribution in [2.24, 2.45) is 28.7 Å². The highest BCUT2D eigenvalue weighted by Gasteiger charge is 2.48. The van der Waals surface area contributed by atoms with Gasteiger partial charge in [0.25, 0.3) is 0 Å². The third kappa shape index (κ3) is 2.68. The molecule has 4 saturated carbocycles. The van der Waals surface area contributed by atoms with E-state index < -0.39 is 5.97 Å². The molecule has 0 radical (unpaired) electrons. The number of furan rings is 1. The zero-order chi connectivity index (χ0) is 20.4. The van der Waals surface area contributed by atoms with E-state index in [1.807, 2.05) is 12.1 Å². The van der Waals surface area contributed by atoms with E-state index >= 15 is 0 Å². The van der Waals surface area contributed by atoms with Gasteiger partial charge in [0.2, 0.25) is 5.88 Å². The third-order valence-corrected chi connectivity index (χ3v) is 7.36. The fraction of sp³-hybridized carbons (Fsp3) is 0.435. The minimum atomic E-state index is -1.20. The third-order valence-electron chi connectivity index (χ3n) is 7.36. The van der Waals surface area contributed by atoms with E-state index in [4.69, 9.17) is 4.42 Å². The maximum absolute atomic E-state index is 11.9. The molecule has 0 saturated heterocycles. The van der Waals surface area contributed by atoms with E-state index in [-0.39, 0.29) is 29.0 Å². The van der Waals surface area contributed by atoms with Crippen LogP contribution in [0.15, 0.2) is 27.7 Å². The molecule has 3 heterocycles. The van der Waals surface area contributed by atoms with Crippen molar-refractivity contribution in [1.29, 1.82) is 0 Å². The molecule has 5 aliphatic rings. The number of carboxylic acids is 1. The van der Waals surface area contributed by atoms with Gasteiger partial charge in [-0.2, -0.15) is 0 Å². The first-order valence-electron chi connectivity index (χ1n) is 10.6. The summed E-state index contributed by atoms with van der Waals surface area (Å²) in [5, 5.41) is 23.8. The number of aliphatic imine (C=N–C) groups is 1. The van der Waals surface area contributed by atoms with Gasteiger partial charge in [0.15, 0.2) is 22.9 Å². The number of fused-ring (bicyclic) bond motifs is 1. The minimum absolute atomic E-state index is 0.122. The Morgan fingerprint density at radius 3 is 2.60 bits per heavy atom. The normalized spacial score (nSPS) is 32.0. The molecule has 0 atom stereocenters. The number of pyridine rings is 1. The molecular weight excluding hydrogens is 382 g/mol. The molecule has 4 aliphatic carbocycles. The highest BCUT2D eigenvalue weighted by atomic mass is 16.4. The Morgan fingerprint density at radius 1 is 1.17 bits per heavy atom. The van der Waals surface area contributed by atoms with Gasteiger partial charge in [0.1, 0.15) is 0 Å². The largest absolute Gasteiger partial charge is 0.504 e. The molecule has 3 N–H and O–H groups in total. The number of hydrogen-bond donors (Lipinski definition) is 3. The summed E-state index contributed by atoms with van der Waals surface area (Å²) in [7, 11) is 0. The average Bonchev–Trinajstić information content (AvgIpc) is 3.25. The molecule has 0 spiro atoms. The van der Waals surface area contributed by atoms with Gasteiger partial charge in [-0.15, -0.1) is 0 Å². The number of aromatic hydroxyl groups is 1. The number of aromatic carboxylic acids is 1. The van der Waals surface area contributed by atoms with Crippen LogP contribution in [0.2, 0.25) is 0 Å². The summed E-state index contributed by atoms with van der Waals surface area (Å²) in [5.41, 5.74) is 1.35. The van der Waals surface area contributed by atoms with Crippen LogP contribution in [0.4, 0.5) is 11.7 Å². The summed E-state index contributed by atoms with van der Waals surface area (Å²) in [6.45, 7) is 0. The van der Waals surface area contributed by atoms with Gasteiger partial charge in [-0.25, -0.2) is 14.8 Å². The van der Waals surface area contributed by atoms with Crippen LogP contribution >= 0.6 is 0 Å². The summed E-state index contributed by atoms with van der Waals surface area (Å²) in [4.78, 5) is 20.4. The van der Waals surface area contributed by atoms with Gasteiger partial charge in [-0.05, 0) is 74.0 Å². The summed E-state index contributed by atoms with van der Waals surface area (Å²) in [5.74, 6) is 2.08. The Balaban J connectivity index is 1.35. The SMILES string of the molecule is O=C(O)c1c(NC2C3CC4CC(C3)CC2C4)oc(C=C2C=Nc3ncccc32)c1O. The van der Waals surface area contributed by atoms with Crippen LogP contribution in [-0.2, 0) is 0 Å². The molecular formula is C23H23N3O4. The first-order chi connectivity index (χ1) is 14.6. The quantitative estimate of drug-likeness (QED) is 0.688. The molecule has 0 amide bonds. The Labute approximate surface area is 173 Å². The van der Waals surface area contributed by atoms with Crippen molar-refractivity contribution >= 4 is 35.5 Å². The minimum Gasteiger partial charge on any atom is -0.504 e. The number of aromatic nitrogens is 1. The van der Waals surface area contributed by atoms with Gasteiger partial charge in [0, 0.05) is 29.6 Å². The first-order valence-corrected chi connectivity index (χ1v) is 10.6. The number of rotatable bonds is 4. The number of nitrogens with zero attached hydrogens (tertiary/aromatic N) is 2. The number of hydrogen-bond acceptors (Lipinski definition) is 6. The second-order valence-electron chi connectivity index (χ2n) is 9.16. The van der Waals surface area contributed by atoms with Gasteiger partial charge in [-0.1, -0.05) is 0 Å². The molecule has 2 aromatic rings. The number of carboxylic acid groups (broad SMARTS) is 1. The lowest BCUT2D eigenvalue weighted by Crippen LogP contribution is -2.51. The molecule has 30 heavy (non-hydrogen) atoms. The molecule has 1 aliphatic heterocycles. The van der Waals surface area contributed by atoms with E-state index in [0.29, 0.717) is 17.7 Å². The second-order valence-corrected chi connectivity index (χ2v) is 9.16. The molecule has 0 aromatic carbocycles. The van der Waals surface area contributed by atoms with Crippen molar-refractivity contribution in [2.75, 3.05) is 5.32 Å². The van der Waals surface area contributed by atoms with E-state index in [1.54, 1.807) is 18.5 Å². The standard InChI is InChI=1S/C23H23N3O4/c27-20-17(9-15-10-25-21-16(15)2-1-3-24-21)30-22(18(20)23(28)29)26-19-13-5-11-4-12(7-13)8-14(19)6-11/h1-3,9-14,19,26-27H,4-8H2,(H,28,29). The van der Waals surface area contributed by atoms with Crippen LogP contribution in [0.5, 0.6) is 5.75 Å². The highest BCUT2D eigenvalue weighted by Crippen LogP contribution is 2.54. The molecule has 0 unspecified atom stereocenters. The van der Waals surface area contributed by atoms with Crippen LogP contribution in [0, 0.1) is 23.7 Å². The van der Waals surface area contributed by atoms with Crippen LogP contribution in [-0.4, -0.2) is 33.4 Å². The van der Waals surface area contributed by atoms with Crippen molar-refractivity contribution in [2.45, 2.75) is 38.1 Å². The number of carbonyl (C=O) groups is 1. The van der Waals surface area contributed by atoms with E-state index in [9.17, 15) is 15.0 Å². The summed E-state index contributed by atoms with van der Waals surface area (Å²) < 4.78 is 5.89. The van der Waals surface area contributed by atoms with Crippen molar-refractivity contribution in [1.82, 2.24) is 4.98 Å². The maximum Gasteiger partial charge on any atom is 0.345 e. The fourth-order valence-corrected chi connectivity index (χ4v) is 6.33. The maximum atomic E-state index is 11.9. The Bertz CT molecular complexity index is 1070. The van der Waals surface area contributed by atoms with E-state index in [0.717, 1.165) is 23.0 Å². The summed E-state index contributed by atoms with van der Waals surface area (Å²) in [6.07, 6.45) is 11.1. The fourth-order valence-electron chi connectivity index (χ4n) is 6.33. The van der Waals surface area contributed by atoms with Crippen molar-refractivity contribution in [3.8, 4) is 5.75 Å². The van der Waals surface area contributed by atoms with E-state index in [1.165, 1.54) is 32.1 Å². The predicted octanol–water partition coefficient (Wildman–Crippen LogP) is 4.57. The van der Waals surface area contributed by atoms with E-state index in [2.05, 4.69) is 15.3 Å². The van der Waals surface area contributed by atoms with Gasteiger partial charge in [0.05, 0.1) is 0 Å². The van der Waals surface area contributed by atoms with Crippen LogP contribution in [0.3, 0.4) is 0 Å². The molecule has 7 heteroatoms. The average molecular weight is 405 g/mol. The van der Waals surface area contributed by atoms with Gasteiger partial charge in [-0.3, -0.25) is 0 Å². The Kier molecular flexibility index (Phi) is 3.82. The lowest BCUT2D eigenvalue weighted by atomic mass is 9.54. The topological polar surface area (TPSA) is 108 Å². The highest BCUT2D eigenvalue weighted by molar-refractivity contribution is 6.21. The molecule has 4 fully saturated rings. The summed E-state index contributed by atoms with van der Waals surface area (Å²) in [6, 6.07) is 3.90. The van der Waals surface area contributed by atoms with Crippen molar-refractivity contribution < 1.29 is 19.4 Å². The number of allylic oxidation sites excluding steroid dienone is 1. The van der Waals surface area contributed by atoms with Crippen LogP contribution in [0.25, 0.3) is 11.6 Å². The number of anilines is 1. The Hall–Kier alpha value is -3.09. The van der Waals surface area contributed by atoms with Gasteiger partial charge >= 0.3 is 5.97 Å². The first kappa shape index (κ1) is 17.7. The molecule has 4 bridgehead atoms. The lowest BCUT2D eigenvalue weighted by molar-refractivity contribution is 0.00686. The van der Waals surface area contributed by atoms with Crippen LogP contribution < -0.4 is 5.32 Å². The lowest BCUT2D eigenvalue weighted by Gasteiger charge is -2.54. The second kappa shape index (κ2) is 6.45. The Morgan fingerprint density at radius 2 is 1.90 bits per heavy atom. The van der Waals surface area contributed by atoms with Crippen molar-refractivity contribution in [3.63, 3.8) is 0 Å². The zero-order valence-electron chi connectivity index (χ0n) is 16.4. The molecule has 154 valence electrons. The summed E-state index contributed by atoms with van der Waals surface area (Å²) >= 11 is 0. The smallest absolute Gasteiger partial charge is 0.345 e. The monoisotopic (exact) mass is 405 g/mol. The predicted molar refractivity (Wildman–Crippen MR) is 112 cm³/mol. The molecule has 7 nitrogen and oxygen atoms in total.